The summed E-state index contributed by atoms with van der Waals surface area (Å²) in [6, 6.07) is 6.79. The molecule has 0 saturated carbocycles. The Morgan fingerprint density at radius 2 is 2.10 bits per heavy atom. The molecule has 112 valence electrons. The summed E-state index contributed by atoms with van der Waals surface area (Å²) in [5.41, 5.74) is 1.43. The number of hydrogen-bond acceptors (Lipinski definition) is 4. The van der Waals surface area contributed by atoms with Gasteiger partial charge in [-0.2, -0.15) is 0 Å². The topological polar surface area (TPSA) is 59.1 Å². The number of benzene rings is 1. The largest absolute Gasteiger partial charge is 0.325 e. The molecule has 0 bridgehead atoms. The number of hydrogen-bond donors (Lipinski definition) is 1. The second-order valence-corrected chi connectivity index (χ2v) is 7.21. The molecule has 2 rings (SSSR count). The maximum atomic E-state index is 12.0. The number of aromatic nitrogens is 1. The van der Waals surface area contributed by atoms with Crippen LogP contribution in [0.25, 0.3) is 0 Å². The van der Waals surface area contributed by atoms with Crippen LogP contribution in [0.1, 0.15) is 17.6 Å². The maximum absolute atomic E-state index is 12.0. The van der Waals surface area contributed by atoms with Crippen molar-refractivity contribution in [2.75, 3.05) is 11.1 Å². The first-order valence-corrected chi connectivity index (χ1v) is 9.15. The van der Waals surface area contributed by atoms with Gasteiger partial charge in [0.25, 0.3) is 0 Å². The van der Waals surface area contributed by atoms with Crippen molar-refractivity contribution in [1.82, 2.24) is 4.98 Å². The van der Waals surface area contributed by atoms with Crippen LogP contribution in [-0.4, -0.2) is 20.9 Å². The first-order valence-electron chi connectivity index (χ1n) is 6.40. The van der Waals surface area contributed by atoms with Gasteiger partial charge in [-0.25, -0.2) is 4.98 Å². The van der Waals surface area contributed by atoms with Crippen LogP contribution in [-0.2, 0) is 27.8 Å². The molecule has 0 unspecified atom stereocenters. The Kier molecular flexibility index (Phi) is 5.90. The minimum absolute atomic E-state index is 0.0401. The number of carbonyl (C=O) groups is 1. The van der Waals surface area contributed by atoms with Gasteiger partial charge in [0.15, 0.2) is 0 Å². The summed E-state index contributed by atoms with van der Waals surface area (Å²) >= 11 is 7.33. The molecule has 0 radical (unpaired) electrons. The Morgan fingerprint density at radius 1 is 1.38 bits per heavy atom. The van der Waals surface area contributed by atoms with Crippen molar-refractivity contribution in [3.05, 3.63) is 45.4 Å². The Morgan fingerprint density at radius 3 is 2.71 bits per heavy atom. The fourth-order valence-corrected chi connectivity index (χ4v) is 3.59. The highest BCUT2D eigenvalue weighted by atomic mass is 35.5. The number of halogens is 1. The molecule has 1 aromatic heterocycles. The number of nitrogens with zero attached hydrogens (tertiary/aromatic N) is 1. The smallest absolute Gasteiger partial charge is 0.237 e. The first-order chi connectivity index (χ1) is 10.1. The molecule has 2 aromatic rings. The molecule has 7 heteroatoms. The van der Waals surface area contributed by atoms with Crippen LogP contribution in [0.3, 0.4) is 0 Å². The van der Waals surface area contributed by atoms with Gasteiger partial charge in [0.2, 0.25) is 5.91 Å². The number of rotatable bonds is 6. The summed E-state index contributed by atoms with van der Waals surface area (Å²) in [6.45, 7) is 2.03. The third-order valence-corrected chi connectivity index (χ3v) is 5.13. The van der Waals surface area contributed by atoms with E-state index < -0.39 is 10.8 Å². The van der Waals surface area contributed by atoms with Gasteiger partial charge in [0.1, 0.15) is 5.75 Å². The number of amides is 1. The molecule has 0 aliphatic carbocycles. The zero-order chi connectivity index (χ0) is 15.2. The molecule has 0 aliphatic heterocycles. The molecule has 0 saturated heterocycles. The fourth-order valence-electron chi connectivity index (χ4n) is 1.67. The highest BCUT2D eigenvalue weighted by molar-refractivity contribution is 7.84. The van der Waals surface area contributed by atoms with Gasteiger partial charge in [-0.1, -0.05) is 18.5 Å². The van der Waals surface area contributed by atoms with E-state index in [-0.39, 0.29) is 11.7 Å². The molecule has 21 heavy (non-hydrogen) atoms. The second kappa shape index (κ2) is 7.68. The fraction of sp³-hybridized carbons (Fsp3) is 0.286. The Hall–Kier alpha value is -1.24. The van der Waals surface area contributed by atoms with Crippen molar-refractivity contribution in [3.63, 3.8) is 0 Å². The van der Waals surface area contributed by atoms with Crippen LogP contribution >= 0.6 is 22.9 Å². The Balaban J connectivity index is 1.84. The van der Waals surface area contributed by atoms with Crippen molar-refractivity contribution in [1.29, 1.82) is 0 Å². The van der Waals surface area contributed by atoms with Crippen LogP contribution in [0.5, 0.6) is 0 Å². The first kappa shape index (κ1) is 16.1. The summed E-state index contributed by atoms with van der Waals surface area (Å²) in [7, 11) is -1.26. The molecular weight excluding hydrogens is 328 g/mol. The highest BCUT2D eigenvalue weighted by Crippen LogP contribution is 2.14. The van der Waals surface area contributed by atoms with E-state index in [1.165, 1.54) is 0 Å². The van der Waals surface area contributed by atoms with Gasteiger partial charge >= 0.3 is 0 Å². The van der Waals surface area contributed by atoms with E-state index in [1.807, 2.05) is 12.3 Å². The number of carbonyl (C=O) groups excluding carboxylic acids is 1. The lowest BCUT2D eigenvalue weighted by Crippen LogP contribution is -2.20. The van der Waals surface area contributed by atoms with Crippen molar-refractivity contribution in [2.24, 2.45) is 0 Å². The van der Waals surface area contributed by atoms with Crippen molar-refractivity contribution < 1.29 is 9.00 Å². The summed E-state index contributed by atoms with van der Waals surface area (Å²) in [6.07, 6.45) is 0.869. The van der Waals surface area contributed by atoms with Crippen LogP contribution in [0.2, 0.25) is 5.02 Å². The van der Waals surface area contributed by atoms with Gasteiger partial charge in [-0.3, -0.25) is 9.00 Å². The highest BCUT2D eigenvalue weighted by Gasteiger charge is 2.11. The molecule has 0 aliphatic rings. The van der Waals surface area contributed by atoms with Crippen molar-refractivity contribution >= 4 is 45.3 Å². The Labute approximate surface area is 135 Å². The van der Waals surface area contributed by atoms with E-state index in [0.717, 1.165) is 17.1 Å². The van der Waals surface area contributed by atoms with E-state index in [4.69, 9.17) is 11.6 Å². The molecule has 1 heterocycles. The Bertz CT molecular complexity index is 641. The average molecular weight is 343 g/mol. The predicted octanol–water partition coefficient (Wildman–Crippen LogP) is 3.25. The lowest BCUT2D eigenvalue weighted by Gasteiger charge is -2.04. The lowest BCUT2D eigenvalue weighted by atomic mass is 10.3. The third kappa shape index (κ3) is 5.22. The van der Waals surface area contributed by atoms with Crippen LogP contribution < -0.4 is 5.32 Å². The van der Waals surface area contributed by atoms with Gasteiger partial charge in [-0.15, -0.1) is 11.3 Å². The minimum Gasteiger partial charge on any atom is -0.325 e. The van der Waals surface area contributed by atoms with Crippen molar-refractivity contribution in [2.45, 2.75) is 19.1 Å². The molecule has 0 spiro atoms. The van der Waals surface area contributed by atoms with Gasteiger partial charge < -0.3 is 5.32 Å². The van der Waals surface area contributed by atoms with E-state index >= 15 is 0 Å². The summed E-state index contributed by atoms with van der Waals surface area (Å²) < 4.78 is 12.0. The summed E-state index contributed by atoms with van der Waals surface area (Å²) in [4.78, 5) is 16.2. The van der Waals surface area contributed by atoms with E-state index in [2.05, 4.69) is 10.3 Å². The molecule has 1 atom stereocenters. The SMILES string of the molecule is CCc1nc(C[S@@](=O)CC(=O)Nc2ccc(Cl)cc2)cs1. The molecule has 4 nitrogen and oxygen atoms in total. The molecule has 0 fully saturated rings. The monoisotopic (exact) mass is 342 g/mol. The molecular formula is C14H15ClN2O2S2. The lowest BCUT2D eigenvalue weighted by molar-refractivity contribution is -0.113. The maximum Gasteiger partial charge on any atom is 0.237 e. The van der Waals surface area contributed by atoms with Gasteiger partial charge in [0, 0.05) is 26.9 Å². The zero-order valence-corrected chi connectivity index (χ0v) is 13.9. The summed E-state index contributed by atoms with van der Waals surface area (Å²) in [5.74, 6) is -0.00631. The minimum atomic E-state index is -1.26. The third-order valence-electron chi connectivity index (χ3n) is 2.63. The average Bonchev–Trinajstić information content (AvgIpc) is 2.88. The van der Waals surface area contributed by atoms with Crippen LogP contribution in [0, 0.1) is 0 Å². The van der Waals surface area contributed by atoms with Crippen LogP contribution in [0.4, 0.5) is 5.69 Å². The van der Waals surface area contributed by atoms with Gasteiger partial charge in [-0.05, 0) is 30.7 Å². The van der Waals surface area contributed by atoms with Crippen molar-refractivity contribution in [3.8, 4) is 0 Å². The second-order valence-electron chi connectivity index (χ2n) is 4.37. The standard InChI is InChI=1S/C14H15ClN2O2S2/c1-2-14-17-12(7-20-14)8-21(19)9-13(18)16-11-5-3-10(15)4-6-11/h3-7H,2,8-9H2,1H3,(H,16,18)/t21-/m1/s1. The number of thiazole rings is 1. The predicted molar refractivity (Wildman–Crippen MR) is 88.3 cm³/mol. The normalized spacial score (nSPS) is 12.1. The number of anilines is 1. The molecule has 1 amide bonds. The van der Waals surface area contributed by atoms with Crippen LogP contribution in [0.15, 0.2) is 29.6 Å². The number of nitrogens with one attached hydrogen (secondary N) is 1. The zero-order valence-electron chi connectivity index (χ0n) is 11.5. The number of aryl methyl sites for hydroxylation is 1. The van der Waals surface area contributed by atoms with Gasteiger partial charge in [0.05, 0.1) is 16.5 Å². The molecule has 1 N–H and O–H groups in total. The summed E-state index contributed by atoms with van der Waals surface area (Å²) in [5, 5.41) is 6.21. The molecule has 1 aromatic carbocycles. The van der Waals surface area contributed by atoms with E-state index in [0.29, 0.717) is 16.5 Å². The quantitative estimate of drug-likeness (QED) is 0.876. The van der Waals surface area contributed by atoms with E-state index in [9.17, 15) is 9.00 Å². The van der Waals surface area contributed by atoms with E-state index in [1.54, 1.807) is 35.6 Å².